The van der Waals surface area contributed by atoms with E-state index < -0.39 is 0 Å². The van der Waals surface area contributed by atoms with Gasteiger partial charge in [-0.15, -0.1) is 11.3 Å². The van der Waals surface area contributed by atoms with E-state index in [1.54, 1.807) is 0 Å². The van der Waals surface area contributed by atoms with Crippen molar-refractivity contribution in [3.63, 3.8) is 0 Å². The molecule has 3 nitrogen and oxygen atoms in total. The molecule has 0 aliphatic carbocycles. The highest BCUT2D eigenvalue weighted by atomic mass is 35.5. The second-order valence-electron chi connectivity index (χ2n) is 5.76. The van der Waals surface area contributed by atoms with Gasteiger partial charge in [0, 0.05) is 18.6 Å². The Balaban J connectivity index is 2.11. The highest BCUT2D eigenvalue weighted by Gasteiger charge is 2.26. The van der Waals surface area contributed by atoms with E-state index in [0.717, 1.165) is 25.1 Å². The van der Waals surface area contributed by atoms with Crippen LogP contribution in [0.1, 0.15) is 48.3 Å². The third-order valence-corrected chi connectivity index (χ3v) is 5.49. The topological polar surface area (TPSA) is 32.3 Å². The number of hydrogen-bond donors (Lipinski definition) is 1. The molecule has 2 heterocycles. The maximum absolute atomic E-state index is 12.7. The fourth-order valence-corrected chi connectivity index (χ4v) is 3.78. The number of nitrogens with one attached hydrogen (secondary N) is 1. The zero-order valence-electron chi connectivity index (χ0n) is 12.4. The number of carbonyl (C=O) groups is 1. The first-order chi connectivity index (χ1) is 9.50. The molecule has 1 atom stereocenters. The summed E-state index contributed by atoms with van der Waals surface area (Å²) in [6.45, 7) is 7.90. The van der Waals surface area contributed by atoms with Crippen LogP contribution in [-0.2, 0) is 0 Å². The summed E-state index contributed by atoms with van der Waals surface area (Å²) in [7, 11) is 0. The quantitative estimate of drug-likeness (QED) is 0.919. The molecule has 0 bridgehead atoms. The van der Waals surface area contributed by atoms with E-state index in [4.69, 9.17) is 11.6 Å². The van der Waals surface area contributed by atoms with Crippen LogP contribution in [0.5, 0.6) is 0 Å². The van der Waals surface area contributed by atoms with Crippen molar-refractivity contribution < 1.29 is 4.79 Å². The minimum atomic E-state index is 0.0653. The third-order valence-electron chi connectivity index (χ3n) is 3.81. The zero-order chi connectivity index (χ0) is 14.7. The summed E-state index contributed by atoms with van der Waals surface area (Å²) in [6, 6.07) is 0.597. The molecule has 112 valence electrons. The van der Waals surface area contributed by atoms with Gasteiger partial charge in [0.1, 0.15) is 4.88 Å². The average Bonchev–Trinajstić information content (AvgIpc) is 2.76. The van der Waals surface area contributed by atoms with Gasteiger partial charge in [-0.25, -0.2) is 0 Å². The van der Waals surface area contributed by atoms with Gasteiger partial charge in [0.25, 0.3) is 5.91 Å². The maximum atomic E-state index is 12.7. The molecule has 1 saturated heterocycles. The van der Waals surface area contributed by atoms with Gasteiger partial charge < -0.3 is 10.2 Å². The normalized spacial score (nSPS) is 19.4. The summed E-state index contributed by atoms with van der Waals surface area (Å²) >= 11 is 7.69. The molecular weight excluding hydrogens is 292 g/mol. The van der Waals surface area contributed by atoms with E-state index in [2.05, 4.69) is 19.2 Å². The summed E-state index contributed by atoms with van der Waals surface area (Å²) in [5.74, 6) is 0.0653. The molecule has 1 amide bonds. The second kappa shape index (κ2) is 6.92. The standard InChI is InChI=1S/C15H23ClN2OS/c1-10(2)18(8-12-6-4-5-7-17-12)15(19)14-13(16)11(3)9-20-14/h9-10,12,17H,4-8H2,1-3H3. The Morgan fingerprint density at radius 1 is 1.55 bits per heavy atom. The van der Waals surface area contributed by atoms with Gasteiger partial charge in [0.05, 0.1) is 5.02 Å². The Kier molecular flexibility index (Phi) is 5.47. The van der Waals surface area contributed by atoms with Gasteiger partial charge in [-0.1, -0.05) is 18.0 Å². The van der Waals surface area contributed by atoms with Gasteiger partial charge in [-0.3, -0.25) is 4.79 Å². The second-order valence-corrected chi connectivity index (χ2v) is 7.02. The van der Waals surface area contributed by atoms with Crippen LogP contribution in [0.3, 0.4) is 0 Å². The first-order valence-electron chi connectivity index (χ1n) is 7.28. The van der Waals surface area contributed by atoms with Crippen molar-refractivity contribution in [2.24, 2.45) is 0 Å². The van der Waals surface area contributed by atoms with Crippen molar-refractivity contribution in [3.8, 4) is 0 Å². The average molecular weight is 315 g/mol. The number of halogens is 1. The molecule has 0 spiro atoms. The summed E-state index contributed by atoms with van der Waals surface area (Å²) < 4.78 is 0. The van der Waals surface area contributed by atoms with Crippen LogP contribution in [0.4, 0.5) is 0 Å². The maximum Gasteiger partial charge on any atom is 0.265 e. The molecule has 1 aromatic rings. The van der Waals surface area contributed by atoms with Crippen molar-refractivity contribution in [2.75, 3.05) is 13.1 Å². The predicted octanol–water partition coefficient (Wildman–Crippen LogP) is 3.70. The summed E-state index contributed by atoms with van der Waals surface area (Å²) in [4.78, 5) is 15.3. The molecule has 1 aliphatic heterocycles. The molecule has 1 aromatic heterocycles. The van der Waals surface area contributed by atoms with Crippen LogP contribution in [-0.4, -0.2) is 36.0 Å². The van der Waals surface area contributed by atoms with E-state index in [0.29, 0.717) is 15.9 Å². The molecule has 1 unspecified atom stereocenters. The molecular formula is C15H23ClN2OS. The van der Waals surface area contributed by atoms with Crippen molar-refractivity contribution in [1.82, 2.24) is 10.2 Å². The molecule has 1 fully saturated rings. The lowest BCUT2D eigenvalue weighted by molar-refractivity contribution is 0.0682. The van der Waals surface area contributed by atoms with Crippen LogP contribution in [0.25, 0.3) is 0 Å². The van der Waals surface area contributed by atoms with Crippen LogP contribution in [0.15, 0.2) is 5.38 Å². The number of hydrogen-bond acceptors (Lipinski definition) is 3. The Morgan fingerprint density at radius 3 is 2.80 bits per heavy atom. The number of nitrogens with zero attached hydrogens (tertiary/aromatic N) is 1. The van der Waals surface area contributed by atoms with Gasteiger partial charge in [0.15, 0.2) is 0 Å². The predicted molar refractivity (Wildman–Crippen MR) is 85.9 cm³/mol. The number of amides is 1. The van der Waals surface area contributed by atoms with Crippen molar-refractivity contribution >= 4 is 28.8 Å². The zero-order valence-corrected chi connectivity index (χ0v) is 14.0. The number of carbonyl (C=O) groups excluding carboxylic acids is 1. The Morgan fingerprint density at radius 2 is 2.30 bits per heavy atom. The largest absolute Gasteiger partial charge is 0.334 e. The first kappa shape index (κ1) is 15.8. The SMILES string of the molecule is Cc1csc(C(=O)N(CC2CCCCN2)C(C)C)c1Cl. The lowest BCUT2D eigenvalue weighted by Gasteiger charge is -2.33. The minimum Gasteiger partial charge on any atom is -0.334 e. The molecule has 2 rings (SSSR count). The number of piperidine rings is 1. The molecule has 1 aliphatic rings. The van der Waals surface area contributed by atoms with Crippen LogP contribution < -0.4 is 5.32 Å². The number of rotatable bonds is 4. The van der Waals surface area contributed by atoms with E-state index in [1.165, 1.54) is 24.2 Å². The van der Waals surface area contributed by atoms with E-state index in [-0.39, 0.29) is 11.9 Å². The first-order valence-corrected chi connectivity index (χ1v) is 8.54. The Hall–Kier alpha value is -0.580. The molecule has 5 heteroatoms. The van der Waals surface area contributed by atoms with Crippen molar-refractivity contribution in [2.45, 2.75) is 52.1 Å². The van der Waals surface area contributed by atoms with Crippen molar-refractivity contribution in [1.29, 1.82) is 0 Å². The van der Waals surface area contributed by atoms with Gasteiger partial charge in [0.2, 0.25) is 0 Å². The lowest BCUT2D eigenvalue weighted by atomic mass is 10.0. The third kappa shape index (κ3) is 3.54. The minimum absolute atomic E-state index is 0.0653. The van der Waals surface area contributed by atoms with E-state index in [9.17, 15) is 4.79 Å². The molecule has 20 heavy (non-hydrogen) atoms. The highest BCUT2D eigenvalue weighted by molar-refractivity contribution is 7.13. The number of aryl methyl sites for hydroxylation is 1. The summed E-state index contributed by atoms with van der Waals surface area (Å²) in [6.07, 6.45) is 3.63. The molecule has 0 radical (unpaired) electrons. The van der Waals surface area contributed by atoms with Crippen LogP contribution >= 0.6 is 22.9 Å². The Bertz CT molecular complexity index is 466. The summed E-state index contributed by atoms with van der Waals surface area (Å²) in [5, 5.41) is 6.07. The fourth-order valence-electron chi connectivity index (χ4n) is 2.55. The number of thiophene rings is 1. The summed E-state index contributed by atoms with van der Waals surface area (Å²) in [5.41, 5.74) is 0.986. The lowest BCUT2D eigenvalue weighted by Crippen LogP contribution is -2.48. The molecule has 0 saturated carbocycles. The van der Waals surface area contributed by atoms with E-state index in [1.807, 2.05) is 17.2 Å². The Labute approximate surface area is 130 Å². The molecule has 0 aromatic carbocycles. The van der Waals surface area contributed by atoms with Gasteiger partial charge in [-0.2, -0.15) is 0 Å². The van der Waals surface area contributed by atoms with Gasteiger partial charge >= 0.3 is 0 Å². The van der Waals surface area contributed by atoms with Crippen molar-refractivity contribution in [3.05, 3.63) is 20.8 Å². The fraction of sp³-hybridized carbons (Fsp3) is 0.667. The van der Waals surface area contributed by atoms with Crippen LogP contribution in [0, 0.1) is 6.92 Å². The molecule has 1 N–H and O–H groups in total. The van der Waals surface area contributed by atoms with Gasteiger partial charge in [-0.05, 0) is 51.1 Å². The highest BCUT2D eigenvalue weighted by Crippen LogP contribution is 2.29. The van der Waals surface area contributed by atoms with Crippen LogP contribution in [0.2, 0.25) is 5.02 Å². The monoisotopic (exact) mass is 314 g/mol. The van der Waals surface area contributed by atoms with E-state index >= 15 is 0 Å². The smallest absolute Gasteiger partial charge is 0.265 e.